The van der Waals surface area contributed by atoms with E-state index in [1.807, 2.05) is 31.2 Å². The molecule has 3 saturated carbocycles. The van der Waals surface area contributed by atoms with Crippen molar-refractivity contribution in [3.8, 4) is 0 Å². The Balaban J connectivity index is 1.05. The molecule has 1 amide bonds. The Hall–Kier alpha value is -2.27. The van der Waals surface area contributed by atoms with Crippen LogP contribution in [0, 0.1) is 28.6 Å². The van der Waals surface area contributed by atoms with E-state index in [0.717, 1.165) is 22.2 Å². The number of allylic oxidation sites excluding steroid dienone is 1. The molecule has 0 radical (unpaired) electrons. The molecule has 254 valence electrons. The number of hydrogen-bond donors (Lipinski definition) is 2. The van der Waals surface area contributed by atoms with E-state index in [1.54, 1.807) is 23.9 Å². The van der Waals surface area contributed by atoms with Crippen LogP contribution in [0.15, 0.2) is 36.0 Å². The van der Waals surface area contributed by atoms with Crippen LogP contribution >= 0.6 is 9.24 Å². The average Bonchev–Trinajstić information content (AvgIpc) is 3.80. The molecule has 3 heterocycles. The van der Waals surface area contributed by atoms with Crippen molar-refractivity contribution in [2.75, 3.05) is 25.5 Å². The van der Waals surface area contributed by atoms with E-state index in [2.05, 4.69) is 26.6 Å². The van der Waals surface area contributed by atoms with Crippen LogP contribution in [0.4, 0.5) is 14.5 Å². The average molecular weight is 672 g/mol. The maximum absolute atomic E-state index is 18.2. The van der Waals surface area contributed by atoms with Crippen LogP contribution in [-0.2, 0) is 36.7 Å². The minimum absolute atomic E-state index is 0.0232. The number of benzene rings is 1. The van der Waals surface area contributed by atoms with Gasteiger partial charge in [-0.2, -0.15) is 5.10 Å². The number of halogens is 2. The molecule has 2 aliphatic heterocycles. The van der Waals surface area contributed by atoms with Gasteiger partial charge in [0.1, 0.15) is 24.0 Å². The van der Waals surface area contributed by atoms with E-state index in [0.29, 0.717) is 31.4 Å². The van der Waals surface area contributed by atoms with Gasteiger partial charge in [-0.05, 0) is 78.6 Å². The Morgan fingerprint density at radius 3 is 2.66 bits per heavy atom. The lowest BCUT2D eigenvalue weighted by molar-refractivity contribution is -0.281. The summed E-state index contributed by atoms with van der Waals surface area (Å²) in [4.78, 5) is 12.6. The highest BCUT2D eigenvalue weighted by Gasteiger charge is 2.82. The number of ether oxygens (including phenoxy) is 4. The molecule has 1 aromatic carbocycles. The Labute approximate surface area is 275 Å². The number of nitrogens with one attached hydrogen (secondary N) is 1. The maximum Gasteiger partial charge on any atom is 0.227 e. The fraction of sp³-hybridized carbons (Fsp3) is 0.657. The molecule has 2 spiro atoms. The van der Waals surface area contributed by atoms with E-state index in [9.17, 15) is 9.90 Å². The Morgan fingerprint density at radius 2 is 1.91 bits per heavy atom. The molecular formula is C35H44F2N3O6P. The van der Waals surface area contributed by atoms with Crippen molar-refractivity contribution < 1.29 is 37.6 Å². The largest absolute Gasteiger partial charge is 0.390 e. The normalized spacial score (nSPS) is 43.4. The highest BCUT2D eigenvalue weighted by molar-refractivity contribution is 7.27. The third-order valence-electron chi connectivity index (χ3n) is 13.0. The predicted octanol–water partition coefficient (Wildman–Crippen LogP) is 4.69. The summed E-state index contributed by atoms with van der Waals surface area (Å²) in [6, 6.07) is 7.54. The summed E-state index contributed by atoms with van der Waals surface area (Å²) in [6.07, 6.45) is 2.55. The Bertz CT molecular complexity index is 1610. The first-order valence-electron chi connectivity index (χ1n) is 16.8. The quantitative estimate of drug-likeness (QED) is 0.445. The number of hydrogen-bond acceptors (Lipinski definition) is 7. The second kappa shape index (κ2) is 10.9. The monoisotopic (exact) mass is 671 g/mol. The summed E-state index contributed by atoms with van der Waals surface area (Å²) in [7, 11) is 2.62. The van der Waals surface area contributed by atoms with Gasteiger partial charge in [-0.1, -0.05) is 32.9 Å². The van der Waals surface area contributed by atoms with Crippen LogP contribution in [0.1, 0.15) is 64.1 Å². The van der Waals surface area contributed by atoms with Crippen LogP contribution in [0.5, 0.6) is 0 Å². The van der Waals surface area contributed by atoms with E-state index < -0.39 is 46.1 Å². The van der Waals surface area contributed by atoms with Crippen molar-refractivity contribution in [2.24, 2.45) is 28.6 Å². The third kappa shape index (κ3) is 4.20. The molecular weight excluding hydrogens is 627 g/mol. The van der Waals surface area contributed by atoms with Gasteiger partial charge in [0.15, 0.2) is 13.6 Å². The number of aliphatic hydroxyl groups excluding tert-OH is 1. The van der Waals surface area contributed by atoms with E-state index >= 15 is 8.78 Å². The number of aliphatic hydroxyl groups is 1. The minimum atomic E-state index is -2.07. The van der Waals surface area contributed by atoms with Gasteiger partial charge in [0.05, 0.1) is 18.0 Å². The molecule has 2 saturated heterocycles. The first kappa shape index (κ1) is 32.0. The molecule has 4 aliphatic carbocycles. The van der Waals surface area contributed by atoms with Crippen LogP contribution in [-0.4, -0.2) is 70.3 Å². The van der Waals surface area contributed by atoms with Gasteiger partial charge in [-0.15, -0.1) is 9.24 Å². The maximum atomic E-state index is 18.2. The van der Waals surface area contributed by atoms with Crippen LogP contribution < -0.4 is 10.6 Å². The van der Waals surface area contributed by atoms with Gasteiger partial charge < -0.3 is 29.4 Å². The summed E-state index contributed by atoms with van der Waals surface area (Å²) < 4.78 is 60.9. The fourth-order valence-corrected chi connectivity index (χ4v) is 11.2. The molecule has 2 unspecified atom stereocenters. The van der Waals surface area contributed by atoms with Gasteiger partial charge in [0, 0.05) is 35.4 Å². The summed E-state index contributed by atoms with van der Waals surface area (Å²) in [5.41, 5.74) is -2.32. The summed E-state index contributed by atoms with van der Waals surface area (Å²) in [5, 5.41) is 20.5. The minimum Gasteiger partial charge on any atom is -0.390 e. The highest BCUT2D eigenvalue weighted by Crippen LogP contribution is 2.74. The number of carbonyl (C=O) groups is 1. The van der Waals surface area contributed by atoms with Crippen molar-refractivity contribution in [2.45, 2.75) is 95.2 Å². The molecule has 47 heavy (non-hydrogen) atoms. The van der Waals surface area contributed by atoms with Gasteiger partial charge in [-0.3, -0.25) is 9.48 Å². The van der Waals surface area contributed by atoms with E-state index in [-0.39, 0.29) is 57.2 Å². The molecule has 5 fully saturated rings. The first-order valence-corrected chi connectivity index (χ1v) is 17.4. The number of carbonyl (C=O) groups excluding carboxylic acids is 1. The zero-order valence-electron chi connectivity index (χ0n) is 27.1. The number of nitrogens with zero attached hydrogens (tertiary/aromatic N) is 2. The fourth-order valence-electron chi connectivity index (χ4n) is 11.0. The molecule has 11 atom stereocenters. The lowest BCUT2D eigenvalue weighted by atomic mass is 9.43. The standard InChI is InChI=1S/C35H44F2N3O6P/c1-20-11-24-25-12-27(36)26-13-28-21(16-38-40(28)10-4-5-30(42)39-22-6-8-23(47)9-7-22)14-31(26,2)34(25,37)29(41)15-32(24,3)35(20)33(45-19-46-35)17-43-18-44-33/h6-9,13,16,20,24-25,27,29,41H,4-5,10-12,14-15,17-19,47H2,1-3H3,(H,39,42)/t20-,24-,25-,27-,29-,31-,32-,33?,34-,35+/m0/s1. The number of aromatic nitrogens is 2. The molecule has 0 bridgehead atoms. The lowest BCUT2D eigenvalue weighted by Crippen LogP contribution is -2.73. The van der Waals surface area contributed by atoms with Crippen LogP contribution in [0.25, 0.3) is 6.08 Å². The zero-order chi connectivity index (χ0) is 33.0. The smallest absolute Gasteiger partial charge is 0.227 e. The van der Waals surface area contributed by atoms with E-state index in [4.69, 9.17) is 18.9 Å². The van der Waals surface area contributed by atoms with Crippen molar-refractivity contribution in [1.29, 1.82) is 0 Å². The molecule has 12 heteroatoms. The Morgan fingerprint density at radius 1 is 1.15 bits per heavy atom. The van der Waals surface area contributed by atoms with Crippen LogP contribution in [0.3, 0.4) is 0 Å². The van der Waals surface area contributed by atoms with Crippen molar-refractivity contribution in [3.05, 3.63) is 47.3 Å². The predicted molar refractivity (Wildman–Crippen MR) is 173 cm³/mol. The molecule has 9 nitrogen and oxygen atoms in total. The molecule has 8 rings (SSSR count). The van der Waals surface area contributed by atoms with Crippen molar-refractivity contribution >= 4 is 32.2 Å². The molecule has 1 aromatic heterocycles. The number of fused-ring (bicyclic) bond motifs is 8. The van der Waals surface area contributed by atoms with Gasteiger partial charge >= 0.3 is 0 Å². The summed E-state index contributed by atoms with van der Waals surface area (Å²) in [5.74, 6) is -2.32. The number of aryl methyl sites for hydroxylation is 1. The van der Waals surface area contributed by atoms with Gasteiger partial charge in [0.25, 0.3) is 0 Å². The Kier molecular flexibility index (Phi) is 7.39. The second-order valence-electron chi connectivity index (χ2n) is 15.1. The summed E-state index contributed by atoms with van der Waals surface area (Å²) >= 11 is 0. The highest BCUT2D eigenvalue weighted by atomic mass is 31.0. The van der Waals surface area contributed by atoms with Gasteiger partial charge in [-0.25, -0.2) is 8.78 Å². The molecule has 6 aliphatic rings. The number of anilines is 1. The topological polar surface area (TPSA) is 104 Å². The first-order chi connectivity index (χ1) is 22.4. The molecule has 2 N–H and O–H groups in total. The SMILES string of the molecule is C[C@H]1C[C@H]2[C@@H]3C[C@H](F)C4=Cc5c(cnn5CCCC(=O)Nc5ccc(P)cc5)C[C@]4(C)[C@@]3(F)[C@@H](O)C[C@]2(C)[C@]12OCOC21COCO1. The number of alkyl halides is 2. The number of amides is 1. The summed E-state index contributed by atoms with van der Waals surface area (Å²) in [6.45, 7) is 6.67. The lowest BCUT2D eigenvalue weighted by Gasteiger charge is -2.64. The third-order valence-corrected chi connectivity index (χ3v) is 13.3. The van der Waals surface area contributed by atoms with Crippen molar-refractivity contribution in [3.63, 3.8) is 0 Å². The van der Waals surface area contributed by atoms with E-state index in [1.165, 1.54) is 0 Å². The molecule has 2 aromatic rings. The van der Waals surface area contributed by atoms with Gasteiger partial charge in [0.2, 0.25) is 11.7 Å². The second-order valence-corrected chi connectivity index (χ2v) is 15.8. The zero-order valence-corrected chi connectivity index (χ0v) is 28.3. The van der Waals surface area contributed by atoms with Crippen LogP contribution in [0.2, 0.25) is 0 Å². The van der Waals surface area contributed by atoms with Crippen molar-refractivity contribution in [1.82, 2.24) is 9.78 Å². The number of rotatable bonds is 5.